The maximum atomic E-state index is 11.8. The van der Waals surface area contributed by atoms with Gasteiger partial charge in [-0.05, 0) is 97.7 Å². The third-order valence-electron chi connectivity index (χ3n) is 11.1. The van der Waals surface area contributed by atoms with Gasteiger partial charge < -0.3 is 15.3 Å². The topological polar surface area (TPSA) is 77.8 Å². The van der Waals surface area contributed by atoms with E-state index in [9.17, 15) is 20.1 Å². The van der Waals surface area contributed by atoms with Gasteiger partial charge in [-0.15, -0.1) is 0 Å². The zero-order valence-electron chi connectivity index (χ0n) is 21.6. The normalized spacial score (nSPS) is 46.4. The Labute approximate surface area is 196 Å². The summed E-state index contributed by atoms with van der Waals surface area (Å²) in [5, 5.41) is 32.2. The average Bonchev–Trinajstić information content (AvgIpc) is 3.03. The van der Waals surface area contributed by atoms with Crippen LogP contribution in [0.5, 0.6) is 0 Å². The smallest absolute Gasteiger partial charge is 0.303 e. The van der Waals surface area contributed by atoms with Gasteiger partial charge in [0.2, 0.25) is 0 Å². The van der Waals surface area contributed by atoms with Crippen molar-refractivity contribution >= 4 is 5.97 Å². The van der Waals surface area contributed by atoms with Crippen LogP contribution in [0.15, 0.2) is 0 Å². The second kappa shape index (κ2) is 9.56. The molecule has 3 aliphatic carbocycles. The van der Waals surface area contributed by atoms with Crippen LogP contribution < -0.4 is 0 Å². The minimum absolute atomic E-state index is 0.0261. The number of aliphatic hydroxyl groups excluding tert-OH is 2. The SMILES string of the molecule is CCC[C@]1(C)CCCC[C@]1(C)C1C([C@@H](C)O)C2CCC([C@H](C)CCC(=O)O)[C@@]2(C)C[C@H]1O. The zero-order chi connectivity index (χ0) is 23.9. The summed E-state index contributed by atoms with van der Waals surface area (Å²) < 4.78 is 0. The highest BCUT2D eigenvalue weighted by Crippen LogP contribution is 2.68. The van der Waals surface area contributed by atoms with E-state index in [1.165, 1.54) is 32.1 Å². The van der Waals surface area contributed by atoms with E-state index in [1.54, 1.807) is 0 Å². The Hall–Kier alpha value is -0.610. The van der Waals surface area contributed by atoms with Crippen LogP contribution in [0.4, 0.5) is 0 Å². The van der Waals surface area contributed by atoms with Crippen molar-refractivity contribution < 1.29 is 20.1 Å². The Balaban J connectivity index is 1.95. The van der Waals surface area contributed by atoms with Crippen LogP contribution in [-0.2, 0) is 4.79 Å². The Bertz CT molecular complexity index is 658. The van der Waals surface area contributed by atoms with Crippen molar-refractivity contribution in [3.05, 3.63) is 0 Å². The summed E-state index contributed by atoms with van der Waals surface area (Å²) in [7, 11) is 0. The molecule has 3 rings (SSSR count). The fourth-order valence-corrected chi connectivity index (χ4v) is 9.41. The number of fused-ring (bicyclic) bond motifs is 1. The van der Waals surface area contributed by atoms with E-state index in [0.29, 0.717) is 24.2 Å². The van der Waals surface area contributed by atoms with E-state index in [0.717, 1.165) is 25.7 Å². The molecule has 4 nitrogen and oxygen atoms in total. The van der Waals surface area contributed by atoms with E-state index in [2.05, 4.69) is 34.6 Å². The third kappa shape index (κ3) is 4.28. The molecule has 186 valence electrons. The molecule has 4 heteroatoms. The Morgan fingerprint density at radius 1 is 1.09 bits per heavy atom. The second-order valence-corrected chi connectivity index (χ2v) is 12.8. The van der Waals surface area contributed by atoms with Gasteiger partial charge in [0.25, 0.3) is 0 Å². The molecule has 0 radical (unpaired) electrons. The number of hydrogen-bond acceptors (Lipinski definition) is 3. The monoisotopic (exact) mass is 450 g/mol. The van der Waals surface area contributed by atoms with Crippen molar-refractivity contribution in [1.82, 2.24) is 0 Å². The van der Waals surface area contributed by atoms with Gasteiger partial charge in [-0.25, -0.2) is 0 Å². The van der Waals surface area contributed by atoms with Gasteiger partial charge in [-0.1, -0.05) is 53.9 Å². The summed E-state index contributed by atoms with van der Waals surface area (Å²) in [6, 6.07) is 0. The van der Waals surface area contributed by atoms with Crippen molar-refractivity contribution in [2.45, 2.75) is 124 Å². The largest absolute Gasteiger partial charge is 0.481 e. The fraction of sp³-hybridized carbons (Fsp3) is 0.964. The van der Waals surface area contributed by atoms with Crippen LogP contribution >= 0.6 is 0 Å². The molecule has 0 heterocycles. The highest BCUT2D eigenvalue weighted by molar-refractivity contribution is 5.66. The lowest BCUT2D eigenvalue weighted by molar-refractivity contribution is -0.191. The predicted octanol–water partition coefficient (Wildman–Crippen LogP) is 6.28. The van der Waals surface area contributed by atoms with E-state index < -0.39 is 18.2 Å². The Kier molecular flexibility index (Phi) is 7.77. The van der Waals surface area contributed by atoms with Crippen molar-refractivity contribution in [3.8, 4) is 0 Å². The quantitative estimate of drug-likeness (QED) is 0.406. The maximum Gasteiger partial charge on any atom is 0.303 e. The van der Waals surface area contributed by atoms with Gasteiger partial charge in [-0.2, -0.15) is 0 Å². The minimum atomic E-state index is -0.720. The van der Waals surface area contributed by atoms with Crippen molar-refractivity contribution in [2.24, 2.45) is 45.8 Å². The summed E-state index contributed by atoms with van der Waals surface area (Å²) in [5.74, 6) is 0.672. The summed E-state index contributed by atoms with van der Waals surface area (Å²) in [5.41, 5.74) is 0.220. The highest BCUT2D eigenvalue weighted by atomic mass is 16.4. The van der Waals surface area contributed by atoms with Crippen LogP contribution in [0.1, 0.15) is 112 Å². The summed E-state index contributed by atoms with van der Waals surface area (Å²) in [6.07, 6.45) is 10.3. The van der Waals surface area contributed by atoms with E-state index in [4.69, 9.17) is 0 Å². The van der Waals surface area contributed by atoms with Gasteiger partial charge in [0.15, 0.2) is 0 Å². The van der Waals surface area contributed by atoms with Crippen molar-refractivity contribution in [1.29, 1.82) is 0 Å². The summed E-state index contributed by atoms with van der Waals surface area (Å²) >= 11 is 0. The van der Waals surface area contributed by atoms with E-state index >= 15 is 0 Å². The number of hydrogen-bond donors (Lipinski definition) is 3. The molecule has 3 saturated carbocycles. The number of aliphatic carboxylic acids is 1. The second-order valence-electron chi connectivity index (χ2n) is 12.8. The molecule has 0 aromatic heterocycles. The van der Waals surface area contributed by atoms with E-state index in [-0.39, 0.29) is 34.5 Å². The Morgan fingerprint density at radius 2 is 1.75 bits per heavy atom. The summed E-state index contributed by atoms with van der Waals surface area (Å²) in [4.78, 5) is 11.2. The molecular weight excluding hydrogens is 400 g/mol. The predicted molar refractivity (Wildman–Crippen MR) is 129 cm³/mol. The molecule has 0 aliphatic heterocycles. The first-order chi connectivity index (χ1) is 14.9. The van der Waals surface area contributed by atoms with Gasteiger partial charge in [0.05, 0.1) is 12.2 Å². The lowest BCUT2D eigenvalue weighted by Crippen LogP contribution is -2.60. The van der Waals surface area contributed by atoms with Crippen LogP contribution in [-0.4, -0.2) is 33.5 Å². The van der Waals surface area contributed by atoms with Crippen LogP contribution in [0.3, 0.4) is 0 Å². The molecule has 3 N–H and O–H groups in total. The van der Waals surface area contributed by atoms with Crippen molar-refractivity contribution in [3.63, 3.8) is 0 Å². The molecule has 4 unspecified atom stereocenters. The molecule has 0 amide bonds. The number of carbonyl (C=O) groups is 1. The van der Waals surface area contributed by atoms with Gasteiger partial charge in [0.1, 0.15) is 0 Å². The maximum absolute atomic E-state index is 11.8. The fourth-order valence-electron chi connectivity index (χ4n) is 9.41. The van der Waals surface area contributed by atoms with Gasteiger partial charge >= 0.3 is 5.97 Å². The standard InChI is InChI=1S/C28H50O4/c1-7-14-26(4)15-8-9-16-28(26,6)25-22(30)17-27(5)20(18(2)10-13-23(31)32)11-12-21(27)24(25)19(3)29/h18-22,24-25,29-30H,7-17H2,1-6H3,(H,31,32)/t18-,19-,20?,21?,22-,24?,25?,26-,27-,28-/m1/s1. The number of carboxylic acids is 1. The number of rotatable bonds is 8. The molecule has 3 fully saturated rings. The molecule has 0 bridgehead atoms. The van der Waals surface area contributed by atoms with Gasteiger partial charge in [-0.3, -0.25) is 4.79 Å². The molecule has 0 saturated heterocycles. The molecule has 10 atom stereocenters. The first kappa shape index (κ1) is 26.0. The van der Waals surface area contributed by atoms with Crippen LogP contribution in [0.25, 0.3) is 0 Å². The first-order valence-corrected chi connectivity index (χ1v) is 13.5. The molecule has 0 spiro atoms. The van der Waals surface area contributed by atoms with Crippen LogP contribution in [0.2, 0.25) is 0 Å². The lowest BCUT2D eigenvalue weighted by atomic mass is 9.43. The third-order valence-corrected chi connectivity index (χ3v) is 11.1. The first-order valence-electron chi connectivity index (χ1n) is 13.5. The average molecular weight is 451 g/mol. The molecule has 0 aromatic carbocycles. The Morgan fingerprint density at radius 3 is 2.34 bits per heavy atom. The molecular formula is C28H50O4. The molecule has 3 aliphatic rings. The number of carboxylic acid groups (broad SMARTS) is 1. The molecule has 32 heavy (non-hydrogen) atoms. The van der Waals surface area contributed by atoms with E-state index in [1.807, 2.05) is 6.92 Å². The minimum Gasteiger partial charge on any atom is -0.481 e. The lowest BCUT2D eigenvalue weighted by Gasteiger charge is -2.63. The molecule has 0 aromatic rings. The number of aliphatic hydroxyl groups is 2. The van der Waals surface area contributed by atoms with Crippen LogP contribution in [0, 0.1) is 45.8 Å². The van der Waals surface area contributed by atoms with Crippen molar-refractivity contribution in [2.75, 3.05) is 0 Å². The highest BCUT2D eigenvalue weighted by Gasteiger charge is 2.64. The van der Waals surface area contributed by atoms with Gasteiger partial charge in [0, 0.05) is 6.42 Å². The zero-order valence-corrected chi connectivity index (χ0v) is 21.6. The summed E-state index contributed by atoms with van der Waals surface area (Å²) in [6.45, 7) is 13.7.